The normalized spacial score (nSPS) is 13.5. The summed E-state index contributed by atoms with van der Waals surface area (Å²) >= 11 is 1.20. The van der Waals surface area contributed by atoms with E-state index in [2.05, 4.69) is 10.3 Å². The van der Waals surface area contributed by atoms with Crippen molar-refractivity contribution in [1.29, 1.82) is 0 Å². The topological polar surface area (TPSA) is 79.4 Å². The Balaban J connectivity index is 1.82. The molecule has 0 saturated carbocycles. The van der Waals surface area contributed by atoms with Crippen LogP contribution in [0.15, 0.2) is 23.6 Å². The average Bonchev–Trinajstić information content (AvgIpc) is 2.97. The van der Waals surface area contributed by atoms with Crippen LogP contribution in [0.25, 0.3) is 0 Å². The number of benzene rings is 1. The van der Waals surface area contributed by atoms with E-state index in [1.807, 2.05) is 0 Å². The van der Waals surface area contributed by atoms with E-state index in [9.17, 15) is 18.8 Å². The maximum Gasteiger partial charge on any atom is 0.262 e. The van der Waals surface area contributed by atoms with E-state index in [-0.39, 0.29) is 23.6 Å². The zero-order chi connectivity index (χ0) is 15.9. The number of hydrogen-bond acceptors (Lipinski definition) is 5. The highest BCUT2D eigenvalue weighted by Gasteiger charge is 2.36. The number of hydrogen-bond donors (Lipinski definition) is 1. The molecule has 1 N–H and O–H groups in total. The summed E-state index contributed by atoms with van der Waals surface area (Å²) < 4.78 is 13.2. The van der Waals surface area contributed by atoms with Crippen molar-refractivity contribution in [3.63, 3.8) is 0 Å². The molecule has 0 spiro atoms. The highest BCUT2D eigenvalue weighted by molar-refractivity contribution is 7.13. The molecule has 3 amide bonds. The van der Waals surface area contributed by atoms with Gasteiger partial charge >= 0.3 is 0 Å². The van der Waals surface area contributed by atoms with Crippen molar-refractivity contribution in [2.24, 2.45) is 0 Å². The second kappa shape index (κ2) is 5.30. The summed E-state index contributed by atoms with van der Waals surface area (Å²) in [5, 5.41) is 4.57. The van der Waals surface area contributed by atoms with Crippen LogP contribution in [0, 0.1) is 5.82 Å². The Bertz CT molecular complexity index is 802. The Morgan fingerprint density at radius 2 is 2.05 bits per heavy atom. The van der Waals surface area contributed by atoms with Gasteiger partial charge < -0.3 is 5.32 Å². The van der Waals surface area contributed by atoms with Gasteiger partial charge in [-0.05, 0) is 18.2 Å². The fourth-order valence-electron chi connectivity index (χ4n) is 2.16. The molecule has 0 unspecified atom stereocenters. The molecule has 1 aliphatic rings. The summed E-state index contributed by atoms with van der Waals surface area (Å²) in [6, 6.07) is 3.50. The molecular weight excluding hydrogens is 309 g/mol. The first-order valence-corrected chi connectivity index (χ1v) is 7.21. The molecule has 3 rings (SSSR count). The van der Waals surface area contributed by atoms with Gasteiger partial charge in [0.1, 0.15) is 5.82 Å². The first-order valence-electron chi connectivity index (χ1n) is 6.33. The molecule has 0 fully saturated rings. The number of carbonyl (C=O) groups excluding carboxylic acids is 3. The largest absolute Gasteiger partial charge is 0.302 e. The van der Waals surface area contributed by atoms with E-state index in [1.54, 1.807) is 5.38 Å². The SMILES string of the molecule is CC(=O)Nc1nc(CN2C(=O)c3ccc(F)cc3C2=O)cs1. The minimum absolute atomic E-state index is 0.0238. The number of nitrogens with one attached hydrogen (secondary N) is 1. The molecular formula is C14H10FN3O3S. The Kier molecular flexibility index (Phi) is 3.45. The number of nitrogens with zero attached hydrogens (tertiary/aromatic N) is 2. The number of carbonyl (C=O) groups is 3. The summed E-state index contributed by atoms with van der Waals surface area (Å²) in [5.74, 6) is -1.84. The van der Waals surface area contributed by atoms with Crippen LogP contribution in [-0.4, -0.2) is 27.6 Å². The van der Waals surface area contributed by atoms with Crippen LogP contribution in [0.3, 0.4) is 0 Å². The van der Waals surface area contributed by atoms with Gasteiger partial charge in [-0.25, -0.2) is 9.37 Å². The number of anilines is 1. The quantitative estimate of drug-likeness (QED) is 0.878. The Morgan fingerprint density at radius 3 is 2.77 bits per heavy atom. The van der Waals surface area contributed by atoms with Gasteiger partial charge in [0.25, 0.3) is 11.8 Å². The van der Waals surface area contributed by atoms with E-state index in [1.165, 1.54) is 24.3 Å². The first-order chi connectivity index (χ1) is 10.5. The molecule has 1 aromatic heterocycles. The fraction of sp³-hybridized carbons (Fsp3) is 0.143. The van der Waals surface area contributed by atoms with E-state index in [0.717, 1.165) is 17.0 Å². The number of thiazole rings is 1. The van der Waals surface area contributed by atoms with E-state index >= 15 is 0 Å². The van der Waals surface area contributed by atoms with Crippen molar-refractivity contribution < 1.29 is 18.8 Å². The monoisotopic (exact) mass is 319 g/mol. The fourth-order valence-corrected chi connectivity index (χ4v) is 2.90. The maximum absolute atomic E-state index is 13.2. The minimum Gasteiger partial charge on any atom is -0.302 e. The summed E-state index contributed by atoms with van der Waals surface area (Å²) in [6.45, 7) is 1.34. The molecule has 0 saturated heterocycles. The van der Waals surface area contributed by atoms with Gasteiger partial charge in [-0.15, -0.1) is 11.3 Å². The third kappa shape index (κ3) is 2.48. The summed E-state index contributed by atoms with van der Waals surface area (Å²) in [4.78, 5) is 40.5. The van der Waals surface area contributed by atoms with Crippen molar-refractivity contribution >= 4 is 34.2 Å². The third-order valence-corrected chi connectivity index (χ3v) is 3.89. The van der Waals surface area contributed by atoms with Gasteiger partial charge in [0.05, 0.1) is 23.4 Å². The molecule has 0 atom stereocenters. The first kappa shape index (κ1) is 14.3. The highest BCUT2D eigenvalue weighted by atomic mass is 32.1. The molecule has 2 aromatic rings. The number of amides is 3. The van der Waals surface area contributed by atoms with Gasteiger partial charge in [0.15, 0.2) is 5.13 Å². The van der Waals surface area contributed by atoms with Crippen molar-refractivity contribution in [3.8, 4) is 0 Å². The lowest BCUT2D eigenvalue weighted by atomic mass is 10.1. The molecule has 8 heteroatoms. The number of halogens is 1. The van der Waals surface area contributed by atoms with Crippen LogP contribution in [0.1, 0.15) is 33.3 Å². The number of fused-ring (bicyclic) bond motifs is 1. The van der Waals surface area contributed by atoms with E-state index < -0.39 is 17.6 Å². The minimum atomic E-state index is -0.566. The van der Waals surface area contributed by atoms with Crippen molar-refractivity contribution in [3.05, 3.63) is 46.2 Å². The Morgan fingerprint density at radius 1 is 1.32 bits per heavy atom. The standard InChI is InChI=1S/C14H10FN3O3S/c1-7(19)16-14-17-9(6-22-14)5-18-12(20)10-3-2-8(15)4-11(10)13(18)21/h2-4,6H,5H2,1H3,(H,16,17,19). The van der Waals surface area contributed by atoms with Gasteiger partial charge in [-0.3, -0.25) is 19.3 Å². The predicted molar refractivity (Wildman–Crippen MR) is 77.0 cm³/mol. The summed E-state index contributed by atoms with van der Waals surface area (Å²) in [7, 11) is 0. The van der Waals surface area contributed by atoms with Crippen molar-refractivity contribution in [1.82, 2.24) is 9.88 Å². The summed E-state index contributed by atoms with van der Waals surface area (Å²) in [5.41, 5.74) is 0.717. The molecule has 0 radical (unpaired) electrons. The third-order valence-electron chi connectivity index (χ3n) is 3.09. The number of rotatable bonds is 3. The molecule has 1 aromatic carbocycles. The zero-order valence-electron chi connectivity index (χ0n) is 11.4. The van der Waals surface area contributed by atoms with Crippen LogP contribution >= 0.6 is 11.3 Å². The van der Waals surface area contributed by atoms with Crippen LogP contribution in [0.4, 0.5) is 9.52 Å². The second-order valence-corrected chi connectivity index (χ2v) is 5.57. The molecule has 1 aliphatic heterocycles. The average molecular weight is 319 g/mol. The lowest BCUT2D eigenvalue weighted by Crippen LogP contribution is -2.29. The van der Waals surface area contributed by atoms with Gasteiger partial charge in [-0.1, -0.05) is 0 Å². The zero-order valence-corrected chi connectivity index (χ0v) is 12.2. The molecule has 0 bridgehead atoms. The number of imide groups is 1. The summed E-state index contributed by atoms with van der Waals surface area (Å²) in [6.07, 6.45) is 0. The van der Waals surface area contributed by atoms with Gasteiger partial charge in [-0.2, -0.15) is 0 Å². The lowest BCUT2D eigenvalue weighted by Gasteiger charge is -2.11. The van der Waals surface area contributed by atoms with Crippen LogP contribution < -0.4 is 5.32 Å². The Hall–Kier alpha value is -2.61. The highest BCUT2D eigenvalue weighted by Crippen LogP contribution is 2.26. The van der Waals surface area contributed by atoms with Gasteiger partial charge in [0.2, 0.25) is 5.91 Å². The van der Waals surface area contributed by atoms with Crippen LogP contribution in [0.2, 0.25) is 0 Å². The van der Waals surface area contributed by atoms with E-state index in [4.69, 9.17) is 0 Å². The van der Waals surface area contributed by atoms with Crippen molar-refractivity contribution in [2.75, 3.05) is 5.32 Å². The molecule has 2 heterocycles. The number of aromatic nitrogens is 1. The molecule has 112 valence electrons. The van der Waals surface area contributed by atoms with Crippen LogP contribution in [0.5, 0.6) is 0 Å². The molecule has 6 nitrogen and oxygen atoms in total. The van der Waals surface area contributed by atoms with Crippen LogP contribution in [-0.2, 0) is 11.3 Å². The second-order valence-electron chi connectivity index (χ2n) is 4.71. The Labute approximate surface area is 128 Å². The van der Waals surface area contributed by atoms with Crippen molar-refractivity contribution in [2.45, 2.75) is 13.5 Å². The molecule has 0 aliphatic carbocycles. The predicted octanol–water partition coefficient (Wildman–Crippen LogP) is 2.04. The maximum atomic E-state index is 13.2. The van der Waals surface area contributed by atoms with E-state index in [0.29, 0.717) is 10.8 Å². The van der Waals surface area contributed by atoms with Gasteiger partial charge in [0, 0.05) is 12.3 Å². The smallest absolute Gasteiger partial charge is 0.262 e. The molecule has 22 heavy (non-hydrogen) atoms. The lowest BCUT2D eigenvalue weighted by molar-refractivity contribution is -0.114.